The Labute approximate surface area is 158 Å². The van der Waals surface area contributed by atoms with Crippen molar-refractivity contribution in [3.63, 3.8) is 0 Å². The van der Waals surface area contributed by atoms with Crippen LogP contribution in [-0.2, 0) is 23.0 Å². The van der Waals surface area contributed by atoms with Gasteiger partial charge in [0.25, 0.3) is 10.0 Å². The van der Waals surface area contributed by atoms with Crippen molar-refractivity contribution in [2.45, 2.75) is 37.3 Å². The topological polar surface area (TPSA) is 86.1 Å². The smallest absolute Gasteiger partial charge is 0.266 e. The van der Waals surface area contributed by atoms with Gasteiger partial charge in [-0.25, -0.2) is 13.1 Å². The number of benzene rings is 2. The van der Waals surface area contributed by atoms with Crippen molar-refractivity contribution < 1.29 is 13.2 Å². The molecule has 0 spiro atoms. The van der Waals surface area contributed by atoms with Crippen molar-refractivity contribution in [2.75, 3.05) is 4.72 Å². The molecular weight excluding hydrogens is 364 g/mol. The van der Waals surface area contributed by atoms with Gasteiger partial charge in [-0.15, -0.1) is 5.10 Å². The minimum absolute atomic E-state index is 0.114. The highest BCUT2D eigenvalue weighted by Gasteiger charge is 2.35. The Morgan fingerprint density at radius 1 is 1.15 bits per heavy atom. The monoisotopic (exact) mass is 384 g/mol. The summed E-state index contributed by atoms with van der Waals surface area (Å²) in [6.45, 7) is 4.38. The van der Waals surface area contributed by atoms with Crippen LogP contribution < -0.4 is 9.46 Å². The summed E-state index contributed by atoms with van der Waals surface area (Å²) in [6, 6.07) is 14.9. The first-order chi connectivity index (χ1) is 12.8. The molecule has 0 amide bonds. The molecule has 0 saturated heterocycles. The molecule has 4 rings (SSSR count). The highest BCUT2D eigenvalue weighted by atomic mass is 32.2. The summed E-state index contributed by atoms with van der Waals surface area (Å²) in [4.78, 5) is 0.114. The zero-order valence-electron chi connectivity index (χ0n) is 15.1. The number of nitrogens with one attached hydrogen (secondary N) is 1. The van der Waals surface area contributed by atoms with Gasteiger partial charge in [0.15, 0.2) is 5.82 Å². The average molecular weight is 384 g/mol. The molecule has 0 unspecified atom stereocenters. The lowest BCUT2D eigenvalue weighted by Gasteiger charge is -2.18. The second-order valence-corrected chi connectivity index (χ2v) is 8.83. The number of aromatic nitrogens is 3. The van der Waals surface area contributed by atoms with Gasteiger partial charge in [0.1, 0.15) is 16.2 Å². The molecule has 2 heterocycles. The molecule has 3 aromatic rings. The Hall–Kier alpha value is -2.87. The standard InChI is InChI=1S/C19H20N4O3S/c1-19(2)11-15-9-6-10-16(18(15)26-19)27(24,25)21-17-13-23(22-20-17)12-14-7-4-3-5-8-14/h3-10,13,21H,11-12H2,1-2H3. The van der Waals surface area contributed by atoms with Gasteiger partial charge in [0.2, 0.25) is 0 Å². The summed E-state index contributed by atoms with van der Waals surface area (Å²) >= 11 is 0. The molecule has 2 aromatic carbocycles. The number of rotatable bonds is 5. The maximum absolute atomic E-state index is 12.9. The van der Waals surface area contributed by atoms with E-state index >= 15 is 0 Å². The average Bonchev–Trinajstić information content (AvgIpc) is 3.16. The fourth-order valence-corrected chi connectivity index (χ4v) is 4.34. The van der Waals surface area contributed by atoms with Gasteiger partial charge in [-0.2, -0.15) is 0 Å². The normalized spacial score (nSPS) is 15.2. The number of fused-ring (bicyclic) bond motifs is 1. The Morgan fingerprint density at radius 3 is 2.70 bits per heavy atom. The van der Waals surface area contributed by atoms with Crippen LogP contribution in [0.15, 0.2) is 59.6 Å². The van der Waals surface area contributed by atoms with E-state index in [1.54, 1.807) is 16.9 Å². The number of ether oxygens (including phenoxy) is 1. The molecule has 0 atom stereocenters. The van der Waals surface area contributed by atoms with Gasteiger partial charge < -0.3 is 4.74 Å². The molecule has 1 aromatic heterocycles. The van der Waals surface area contributed by atoms with E-state index in [2.05, 4.69) is 15.0 Å². The summed E-state index contributed by atoms with van der Waals surface area (Å²) in [7, 11) is -3.84. The van der Waals surface area contributed by atoms with E-state index in [1.165, 1.54) is 6.07 Å². The Kier molecular flexibility index (Phi) is 4.15. The summed E-state index contributed by atoms with van der Waals surface area (Å²) in [6.07, 6.45) is 2.23. The highest BCUT2D eigenvalue weighted by molar-refractivity contribution is 7.92. The third-order valence-corrected chi connectivity index (χ3v) is 5.69. The van der Waals surface area contributed by atoms with Crippen molar-refractivity contribution in [1.29, 1.82) is 0 Å². The fourth-order valence-electron chi connectivity index (χ4n) is 3.18. The summed E-state index contributed by atoms with van der Waals surface area (Å²) in [5.74, 6) is 0.576. The van der Waals surface area contributed by atoms with Crippen LogP contribution in [-0.4, -0.2) is 29.0 Å². The minimum Gasteiger partial charge on any atom is -0.486 e. The minimum atomic E-state index is -3.84. The second kappa shape index (κ2) is 6.38. The fraction of sp³-hybridized carbons (Fsp3) is 0.263. The molecule has 7 nitrogen and oxygen atoms in total. The molecule has 0 fully saturated rings. The van der Waals surface area contributed by atoms with E-state index in [4.69, 9.17) is 4.74 Å². The van der Waals surface area contributed by atoms with Crippen molar-refractivity contribution in [3.05, 3.63) is 65.9 Å². The van der Waals surface area contributed by atoms with Crippen LogP contribution in [0.4, 0.5) is 5.82 Å². The number of anilines is 1. The van der Waals surface area contributed by atoms with Crippen molar-refractivity contribution in [2.24, 2.45) is 0 Å². The predicted molar refractivity (Wildman–Crippen MR) is 101 cm³/mol. The molecule has 140 valence electrons. The zero-order chi connectivity index (χ0) is 19.1. The maximum Gasteiger partial charge on any atom is 0.266 e. The van der Waals surface area contributed by atoms with Crippen LogP contribution in [0.25, 0.3) is 0 Å². The van der Waals surface area contributed by atoms with Gasteiger partial charge >= 0.3 is 0 Å². The van der Waals surface area contributed by atoms with E-state index in [1.807, 2.05) is 50.2 Å². The predicted octanol–water partition coefficient (Wildman–Crippen LogP) is 2.84. The van der Waals surface area contributed by atoms with Crippen molar-refractivity contribution in [1.82, 2.24) is 15.0 Å². The number of sulfonamides is 1. The number of hydrogen-bond donors (Lipinski definition) is 1. The van der Waals surface area contributed by atoms with Gasteiger partial charge in [-0.1, -0.05) is 47.7 Å². The lowest BCUT2D eigenvalue weighted by molar-refractivity contribution is 0.135. The zero-order valence-corrected chi connectivity index (χ0v) is 15.9. The molecule has 1 aliphatic rings. The Balaban J connectivity index is 1.56. The first-order valence-electron chi connectivity index (χ1n) is 8.60. The van der Waals surface area contributed by atoms with Gasteiger partial charge in [-0.05, 0) is 31.0 Å². The highest BCUT2D eigenvalue weighted by Crippen LogP contribution is 2.39. The van der Waals surface area contributed by atoms with Crippen molar-refractivity contribution in [3.8, 4) is 5.75 Å². The Bertz CT molecular complexity index is 1080. The maximum atomic E-state index is 12.9. The number of nitrogens with zero attached hydrogens (tertiary/aromatic N) is 3. The lowest BCUT2D eigenvalue weighted by Crippen LogP contribution is -2.25. The molecule has 0 radical (unpaired) electrons. The quantitative estimate of drug-likeness (QED) is 0.731. The van der Waals surface area contributed by atoms with E-state index < -0.39 is 15.6 Å². The van der Waals surface area contributed by atoms with E-state index in [-0.39, 0.29) is 10.7 Å². The van der Waals surface area contributed by atoms with Crippen LogP contribution in [0.3, 0.4) is 0 Å². The van der Waals surface area contributed by atoms with Crippen LogP contribution >= 0.6 is 0 Å². The largest absolute Gasteiger partial charge is 0.486 e. The second-order valence-electron chi connectivity index (χ2n) is 7.18. The van der Waals surface area contributed by atoms with Gasteiger partial charge in [0, 0.05) is 6.42 Å². The van der Waals surface area contributed by atoms with Crippen LogP contribution in [0.1, 0.15) is 25.0 Å². The van der Waals surface area contributed by atoms with Crippen molar-refractivity contribution >= 4 is 15.8 Å². The third-order valence-electron chi connectivity index (χ3n) is 4.31. The lowest BCUT2D eigenvalue weighted by atomic mass is 10.0. The van der Waals surface area contributed by atoms with Crippen LogP contribution in [0, 0.1) is 0 Å². The first kappa shape index (κ1) is 17.5. The molecule has 8 heteroatoms. The van der Waals surface area contributed by atoms with E-state index in [9.17, 15) is 8.42 Å². The van der Waals surface area contributed by atoms with Crippen LogP contribution in [0.2, 0.25) is 0 Å². The molecule has 1 aliphatic heterocycles. The molecule has 0 bridgehead atoms. The molecule has 1 N–H and O–H groups in total. The molecular formula is C19H20N4O3S. The molecule has 0 aliphatic carbocycles. The van der Waals surface area contributed by atoms with Gasteiger partial charge in [0.05, 0.1) is 12.7 Å². The summed E-state index contributed by atoms with van der Waals surface area (Å²) < 4.78 is 35.7. The summed E-state index contributed by atoms with van der Waals surface area (Å²) in [5.41, 5.74) is 1.51. The Morgan fingerprint density at radius 2 is 1.93 bits per heavy atom. The van der Waals surface area contributed by atoms with E-state index in [0.29, 0.717) is 18.7 Å². The molecule has 0 saturated carbocycles. The number of para-hydroxylation sites is 1. The SMILES string of the molecule is CC1(C)Cc2cccc(S(=O)(=O)Nc3cn(Cc4ccccc4)nn3)c2O1. The third kappa shape index (κ3) is 3.66. The summed E-state index contributed by atoms with van der Waals surface area (Å²) in [5, 5.41) is 7.92. The molecule has 27 heavy (non-hydrogen) atoms. The van der Waals surface area contributed by atoms with E-state index in [0.717, 1.165) is 11.1 Å². The van der Waals surface area contributed by atoms with Gasteiger partial charge in [-0.3, -0.25) is 4.72 Å². The first-order valence-corrected chi connectivity index (χ1v) is 10.1. The number of hydrogen-bond acceptors (Lipinski definition) is 5. The van der Waals surface area contributed by atoms with Crippen LogP contribution in [0.5, 0.6) is 5.75 Å².